The van der Waals surface area contributed by atoms with Crippen molar-refractivity contribution in [3.8, 4) is 0 Å². The lowest BCUT2D eigenvalue weighted by Gasteiger charge is -2.07. The Kier molecular flexibility index (Phi) is 5.85. The quantitative estimate of drug-likeness (QED) is 0.628. The van der Waals surface area contributed by atoms with E-state index in [0.29, 0.717) is 33.9 Å². The van der Waals surface area contributed by atoms with Crippen molar-refractivity contribution < 1.29 is 9.90 Å². The number of aromatic nitrogens is 2. The summed E-state index contributed by atoms with van der Waals surface area (Å²) in [5.41, 5.74) is 4.52. The molecule has 24 heavy (non-hydrogen) atoms. The number of rotatable bonds is 6. The summed E-state index contributed by atoms with van der Waals surface area (Å²) in [7, 11) is 0. The Balaban J connectivity index is 2.19. The van der Waals surface area contributed by atoms with E-state index < -0.39 is 5.97 Å². The predicted octanol–water partition coefficient (Wildman–Crippen LogP) is 2.96. The smallest absolute Gasteiger partial charge is 0.136 e. The van der Waals surface area contributed by atoms with Crippen LogP contribution in [-0.4, -0.2) is 22.0 Å². The fraction of sp³-hybridized carbons (Fsp3) is 0.312. The lowest BCUT2D eigenvalue weighted by molar-refractivity contribution is -0.255. The van der Waals surface area contributed by atoms with Gasteiger partial charge in [0.05, 0.1) is 34.2 Å². The van der Waals surface area contributed by atoms with Gasteiger partial charge in [0.2, 0.25) is 0 Å². The minimum absolute atomic E-state index is 0.0102. The Morgan fingerprint density at radius 1 is 1.46 bits per heavy atom. The molecule has 0 saturated carbocycles. The molecule has 0 amide bonds. The third kappa shape index (κ3) is 4.27. The lowest BCUT2D eigenvalue weighted by atomic mass is 10.2. The molecule has 0 saturated heterocycles. The second-order valence-electron chi connectivity index (χ2n) is 5.72. The van der Waals surface area contributed by atoms with Crippen LogP contribution < -0.4 is 10.5 Å². The summed E-state index contributed by atoms with van der Waals surface area (Å²) in [6, 6.07) is 4.18. The first-order chi connectivity index (χ1) is 11.3. The van der Waals surface area contributed by atoms with Crippen molar-refractivity contribution >= 4 is 41.1 Å². The second kappa shape index (κ2) is 7.68. The Hall–Kier alpha value is -2.05. The van der Waals surface area contributed by atoms with E-state index in [2.05, 4.69) is 29.5 Å². The number of nitrogens with one attached hydrogen (secondary N) is 1. The van der Waals surface area contributed by atoms with Gasteiger partial charge < -0.3 is 9.90 Å². The summed E-state index contributed by atoms with van der Waals surface area (Å²) in [5.74, 6) is -0.872. The highest BCUT2D eigenvalue weighted by atomic mass is 35.5. The van der Waals surface area contributed by atoms with Gasteiger partial charge in [0.25, 0.3) is 0 Å². The number of hydrazone groups is 1. The minimum Gasteiger partial charge on any atom is -0.545 e. The van der Waals surface area contributed by atoms with Gasteiger partial charge in [0.15, 0.2) is 0 Å². The summed E-state index contributed by atoms with van der Waals surface area (Å²) in [5, 5.41) is 20.2. The van der Waals surface area contributed by atoms with Gasteiger partial charge >= 0.3 is 0 Å². The van der Waals surface area contributed by atoms with Gasteiger partial charge in [-0.25, -0.2) is 0 Å². The molecule has 2 rings (SSSR count). The summed E-state index contributed by atoms with van der Waals surface area (Å²) in [6.45, 7) is 6.71. The molecule has 2 aromatic rings. The molecule has 0 aliphatic heterocycles. The normalized spacial score (nSPS) is 11.4. The average molecular weight is 368 g/mol. The summed E-state index contributed by atoms with van der Waals surface area (Å²) in [4.78, 5) is 10.9. The van der Waals surface area contributed by atoms with Gasteiger partial charge in [-0.15, -0.1) is 0 Å². The summed E-state index contributed by atoms with van der Waals surface area (Å²) >= 11 is 12.3. The van der Waals surface area contributed by atoms with Crippen molar-refractivity contribution in [3.05, 3.63) is 45.2 Å². The number of carboxylic acid groups (broad SMARTS) is 1. The largest absolute Gasteiger partial charge is 0.545 e. The van der Waals surface area contributed by atoms with Crippen molar-refractivity contribution in [2.75, 3.05) is 5.43 Å². The molecular weight excluding hydrogens is 351 g/mol. The molecule has 0 aliphatic carbocycles. The number of hydrogen-bond donors (Lipinski definition) is 1. The van der Waals surface area contributed by atoms with E-state index in [4.69, 9.17) is 23.2 Å². The number of benzene rings is 1. The zero-order valence-electron chi connectivity index (χ0n) is 13.5. The van der Waals surface area contributed by atoms with Crippen molar-refractivity contribution in [1.29, 1.82) is 0 Å². The molecule has 0 radical (unpaired) electrons. The number of aromatic carboxylic acids is 1. The molecule has 0 fully saturated rings. The average Bonchev–Trinajstić information content (AvgIpc) is 2.75. The van der Waals surface area contributed by atoms with Crippen LogP contribution in [0.25, 0.3) is 0 Å². The molecule has 1 aromatic carbocycles. The standard InChI is InChI=1S/C16H18Cl2N4O2/c1-9(2)8-22-15(18)12(10(3)21-22)7-19-20-14-6-11(16(23)24)4-5-13(14)17/h4-7,9,20H,8H2,1-3H3,(H,23,24)/p-1/b19-7-. The minimum atomic E-state index is -1.28. The van der Waals surface area contributed by atoms with Crippen LogP contribution in [0.2, 0.25) is 10.2 Å². The van der Waals surface area contributed by atoms with Crippen LogP contribution in [0.3, 0.4) is 0 Å². The highest BCUT2D eigenvalue weighted by Crippen LogP contribution is 2.23. The number of hydrogen-bond acceptors (Lipinski definition) is 5. The topological polar surface area (TPSA) is 82.3 Å². The van der Waals surface area contributed by atoms with Crippen LogP contribution in [-0.2, 0) is 6.54 Å². The maximum Gasteiger partial charge on any atom is 0.136 e. The maximum atomic E-state index is 10.9. The van der Waals surface area contributed by atoms with E-state index >= 15 is 0 Å². The molecule has 8 heteroatoms. The third-order valence-electron chi connectivity index (χ3n) is 3.23. The fourth-order valence-electron chi connectivity index (χ4n) is 2.08. The Labute approximate surface area is 150 Å². The maximum absolute atomic E-state index is 10.9. The van der Waals surface area contributed by atoms with Crippen LogP contribution in [0.4, 0.5) is 5.69 Å². The van der Waals surface area contributed by atoms with Crippen molar-refractivity contribution in [1.82, 2.24) is 9.78 Å². The number of aryl methyl sites for hydroxylation is 1. The molecule has 0 atom stereocenters. The van der Waals surface area contributed by atoms with Gasteiger partial charge in [-0.3, -0.25) is 10.1 Å². The van der Waals surface area contributed by atoms with Crippen molar-refractivity contribution in [2.24, 2.45) is 11.0 Å². The fourth-order valence-corrected chi connectivity index (χ4v) is 2.54. The molecule has 0 unspecified atom stereocenters. The summed E-state index contributed by atoms with van der Waals surface area (Å²) < 4.78 is 1.73. The van der Waals surface area contributed by atoms with Crippen LogP contribution in [0.5, 0.6) is 0 Å². The molecular formula is C16H17Cl2N4O2-. The first-order valence-corrected chi connectivity index (χ1v) is 8.08. The Morgan fingerprint density at radius 2 is 2.17 bits per heavy atom. The zero-order valence-corrected chi connectivity index (χ0v) is 15.0. The molecule has 1 N–H and O–H groups in total. The monoisotopic (exact) mass is 367 g/mol. The van der Waals surface area contributed by atoms with Crippen molar-refractivity contribution in [2.45, 2.75) is 27.3 Å². The zero-order chi connectivity index (χ0) is 17.9. The van der Waals surface area contributed by atoms with E-state index in [0.717, 1.165) is 5.69 Å². The number of carbonyl (C=O) groups excluding carboxylic acids is 1. The molecule has 1 heterocycles. The van der Waals surface area contributed by atoms with Gasteiger partial charge in [0, 0.05) is 6.54 Å². The second-order valence-corrected chi connectivity index (χ2v) is 6.48. The van der Waals surface area contributed by atoms with Gasteiger partial charge in [-0.05, 0) is 30.5 Å². The van der Waals surface area contributed by atoms with E-state index in [1.54, 1.807) is 4.68 Å². The molecule has 6 nitrogen and oxygen atoms in total. The molecule has 128 valence electrons. The predicted molar refractivity (Wildman–Crippen MR) is 93.8 cm³/mol. The van der Waals surface area contributed by atoms with Crippen LogP contribution >= 0.6 is 23.2 Å². The number of carbonyl (C=O) groups is 1. The Morgan fingerprint density at radius 3 is 2.79 bits per heavy atom. The summed E-state index contributed by atoms with van der Waals surface area (Å²) in [6.07, 6.45) is 1.53. The van der Waals surface area contributed by atoms with Crippen LogP contribution in [0.1, 0.15) is 35.5 Å². The number of carboxylic acids is 1. The highest BCUT2D eigenvalue weighted by molar-refractivity contribution is 6.33. The Bertz CT molecular complexity index is 785. The van der Waals surface area contributed by atoms with Gasteiger partial charge in [-0.2, -0.15) is 10.2 Å². The van der Waals surface area contributed by atoms with Gasteiger partial charge in [0.1, 0.15) is 5.15 Å². The lowest BCUT2D eigenvalue weighted by Crippen LogP contribution is -2.22. The van der Waals surface area contributed by atoms with E-state index in [1.807, 2.05) is 6.92 Å². The molecule has 0 aliphatic rings. The SMILES string of the molecule is Cc1nn(CC(C)C)c(Cl)c1/C=N\Nc1cc(C(=O)[O-])ccc1Cl. The first kappa shape index (κ1) is 18.3. The van der Waals surface area contributed by atoms with E-state index in [9.17, 15) is 9.90 Å². The highest BCUT2D eigenvalue weighted by Gasteiger charge is 2.12. The number of nitrogens with zero attached hydrogens (tertiary/aromatic N) is 3. The number of halogens is 2. The third-order valence-corrected chi connectivity index (χ3v) is 3.96. The number of anilines is 1. The van der Waals surface area contributed by atoms with Crippen molar-refractivity contribution in [3.63, 3.8) is 0 Å². The van der Waals surface area contributed by atoms with E-state index in [1.165, 1.54) is 24.4 Å². The first-order valence-electron chi connectivity index (χ1n) is 7.32. The molecule has 1 aromatic heterocycles. The molecule has 0 spiro atoms. The van der Waals surface area contributed by atoms with Crippen LogP contribution in [0, 0.1) is 12.8 Å². The van der Waals surface area contributed by atoms with Gasteiger partial charge in [-0.1, -0.05) is 43.1 Å². The van der Waals surface area contributed by atoms with Crippen LogP contribution in [0.15, 0.2) is 23.3 Å². The van der Waals surface area contributed by atoms with E-state index in [-0.39, 0.29) is 5.56 Å². The molecule has 0 bridgehead atoms.